The lowest BCUT2D eigenvalue weighted by Crippen LogP contribution is -2.29. The number of halogens is 2. The summed E-state index contributed by atoms with van der Waals surface area (Å²) in [6.07, 6.45) is 1.01. The van der Waals surface area contributed by atoms with Crippen LogP contribution in [-0.2, 0) is 4.79 Å². The van der Waals surface area contributed by atoms with Crippen LogP contribution in [0.2, 0.25) is 10.0 Å². The van der Waals surface area contributed by atoms with E-state index < -0.39 is 0 Å². The first kappa shape index (κ1) is 21.9. The Kier molecular flexibility index (Phi) is 5.59. The number of nitrogens with one attached hydrogen (secondary N) is 1. The van der Waals surface area contributed by atoms with Crippen molar-refractivity contribution in [2.45, 2.75) is 31.6 Å². The Labute approximate surface area is 201 Å². The summed E-state index contributed by atoms with van der Waals surface area (Å²) >= 11 is 12.7. The number of ketones is 1. The van der Waals surface area contributed by atoms with Gasteiger partial charge < -0.3 is 19.3 Å². The van der Waals surface area contributed by atoms with Crippen LogP contribution >= 0.6 is 23.2 Å². The average Bonchev–Trinajstić information content (AvgIpc) is 3.17. The molecule has 0 saturated heterocycles. The Bertz CT molecular complexity index is 1300. The smallest absolute Gasteiger partial charge is 0.233 e. The van der Waals surface area contributed by atoms with Crippen molar-refractivity contribution in [1.82, 2.24) is 5.16 Å². The van der Waals surface area contributed by atoms with Gasteiger partial charge in [0.1, 0.15) is 0 Å². The molecule has 6 nitrogen and oxygen atoms in total. The maximum Gasteiger partial charge on any atom is 0.233 e. The normalized spacial score (nSPS) is 19.6. The number of fused-ring (bicyclic) bond motifs is 1. The third-order valence-electron chi connectivity index (χ3n) is 6.41. The quantitative estimate of drug-likeness (QED) is 0.470. The summed E-state index contributed by atoms with van der Waals surface area (Å²) in [5, 5.41) is 8.53. The van der Waals surface area contributed by atoms with E-state index in [1.165, 1.54) is 0 Å². The molecule has 2 unspecified atom stereocenters. The lowest BCUT2D eigenvalue weighted by atomic mass is 9.72. The fourth-order valence-electron chi connectivity index (χ4n) is 4.86. The van der Waals surface area contributed by atoms with Gasteiger partial charge in [-0.2, -0.15) is 0 Å². The van der Waals surface area contributed by atoms with Gasteiger partial charge in [0.25, 0.3) is 0 Å². The summed E-state index contributed by atoms with van der Waals surface area (Å²) in [5.74, 6) is 1.51. The lowest BCUT2D eigenvalue weighted by molar-refractivity contribution is -0.116. The number of hydrogen-bond donors (Lipinski definition) is 1. The first-order valence-corrected chi connectivity index (χ1v) is 11.3. The first-order chi connectivity index (χ1) is 15.9. The molecule has 0 fully saturated rings. The minimum Gasteiger partial charge on any atom is -0.493 e. The standard InChI is InChI=1S/C25H22Cl2N2O4/c1-12-22-23(16-6-5-15(26)11-17(16)27)24-18(28-25(22)33-29-12)8-14(9-19(24)30)13-4-7-20(31-2)21(10-13)32-3/h4-7,10-11,14,23,28H,8-9H2,1-3H3. The summed E-state index contributed by atoms with van der Waals surface area (Å²) in [5.41, 5.74) is 4.89. The fourth-order valence-corrected chi connectivity index (χ4v) is 5.38. The summed E-state index contributed by atoms with van der Waals surface area (Å²) < 4.78 is 16.4. The molecule has 1 N–H and O–H groups in total. The highest BCUT2D eigenvalue weighted by atomic mass is 35.5. The number of allylic oxidation sites excluding steroid dienone is 2. The Morgan fingerprint density at radius 2 is 1.85 bits per heavy atom. The number of carbonyl (C=O) groups excluding carboxylic acids is 1. The van der Waals surface area contributed by atoms with Gasteiger partial charge in [-0.05, 0) is 54.7 Å². The number of benzene rings is 2. The molecule has 2 aliphatic rings. The van der Waals surface area contributed by atoms with Crippen molar-refractivity contribution in [3.05, 3.63) is 80.1 Å². The van der Waals surface area contributed by atoms with Crippen LogP contribution in [0.25, 0.3) is 0 Å². The van der Waals surface area contributed by atoms with Gasteiger partial charge in [-0.25, -0.2) is 0 Å². The molecular formula is C25H22Cl2N2O4. The largest absolute Gasteiger partial charge is 0.493 e. The molecule has 1 aliphatic heterocycles. The van der Waals surface area contributed by atoms with Crippen LogP contribution in [0.1, 0.15) is 47.1 Å². The van der Waals surface area contributed by atoms with Crippen LogP contribution in [-0.4, -0.2) is 25.2 Å². The Morgan fingerprint density at radius 3 is 2.58 bits per heavy atom. The molecule has 0 radical (unpaired) electrons. The SMILES string of the molecule is COc1ccc(C2CC(=O)C3=C(C2)Nc2onc(C)c2C3c2ccc(Cl)cc2Cl)cc1OC. The number of aryl methyl sites for hydroxylation is 1. The van der Waals surface area contributed by atoms with E-state index in [1.54, 1.807) is 26.4 Å². The van der Waals surface area contributed by atoms with Gasteiger partial charge in [-0.1, -0.05) is 40.5 Å². The number of rotatable bonds is 4. The van der Waals surface area contributed by atoms with Gasteiger partial charge in [0.15, 0.2) is 17.3 Å². The van der Waals surface area contributed by atoms with Gasteiger partial charge in [-0.15, -0.1) is 0 Å². The van der Waals surface area contributed by atoms with Crippen LogP contribution in [0.15, 0.2) is 52.2 Å². The van der Waals surface area contributed by atoms with Crippen LogP contribution < -0.4 is 14.8 Å². The van der Waals surface area contributed by atoms with Gasteiger partial charge >= 0.3 is 0 Å². The Balaban J connectivity index is 1.60. The molecule has 0 bridgehead atoms. The Hall–Kier alpha value is -2.96. The molecule has 2 aromatic carbocycles. The van der Waals surface area contributed by atoms with Crippen molar-refractivity contribution in [2.75, 3.05) is 19.5 Å². The van der Waals surface area contributed by atoms with Crippen molar-refractivity contribution in [2.24, 2.45) is 0 Å². The number of anilines is 1. The predicted molar refractivity (Wildman–Crippen MR) is 127 cm³/mol. The lowest BCUT2D eigenvalue weighted by Gasteiger charge is -2.34. The third-order valence-corrected chi connectivity index (χ3v) is 6.97. The van der Waals surface area contributed by atoms with Gasteiger partial charge in [-0.3, -0.25) is 4.79 Å². The topological polar surface area (TPSA) is 73.6 Å². The summed E-state index contributed by atoms with van der Waals surface area (Å²) in [7, 11) is 3.20. The van der Waals surface area contributed by atoms with E-state index in [4.69, 9.17) is 37.2 Å². The highest BCUT2D eigenvalue weighted by Crippen LogP contribution is 2.50. The number of aromatic nitrogens is 1. The predicted octanol–water partition coefficient (Wildman–Crippen LogP) is 6.27. The van der Waals surface area contributed by atoms with Crippen LogP contribution in [0.5, 0.6) is 11.5 Å². The number of ether oxygens (including phenoxy) is 2. The van der Waals surface area contributed by atoms with Gasteiger partial charge in [0.2, 0.25) is 5.88 Å². The highest BCUT2D eigenvalue weighted by molar-refractivity contribution is 6.35. The first-order valence-electron chi connectivity index (χ1n) is 10.6. The van der Waals surface area contributed by atoms with E-state index >= 15 is 0 Å². The average molecular weight is 485 g/mol. The minimum absolute atomic E-state index is 0.0181. The van der Waals surface area contributed by atoms with E-state index in [0.717, 1.165) is 28.1 Å². The molecule has 1 aromatic heterocycles. The van der Waals surface area contributed by atoms with Gasteiger partial charge in [0.05, 0.1) is 25.5 Å². The number of carbonyl (C=O) groups is 1. The second-order valence-electron chi connectivity index (χ2n) is 8.27. The van der Waals surface area contributed by atoms with Crippen molar-refractivity contribution in [3.8, 4) is 11.5 Å². The van der Waals surface area contributed by atoms with Crippen LogP contribution in [0, 0.1) is 6.92 Å². The van der Waals surface area contributed by atoms with E-state index in [2.05, 4.69) is 10.5 Å². The molecule has 0 saturated carbocycles. The molecular weight excluding hydrogens is 463 g/mol. The summed E-state index contributed by atoms with van der Waals surface area (Å²) in [4.78, 5) is 13.6. The van der Waals surface area contributed by atoms with Crippen molar-refractivity contribution >= 4 is 34.9 Å². The monoisotopic (exact) mass is 484 g/mol. The number of nitrogens with zero attached hydrogens (tertiary/aromatic N) is 1. The second kappa shape index (κ2) is 8.43. The van der Waals surface area contributed by atoms with Crippen LogP contribution in [0.4, 0.5) is 5.88 Å². The molecule has 2 atom stereocenters. The zero-order valence-electron chi connectivity index (χ0n) is 18.4. The molecule has 1 aliphatic carbocycles. The molecule has 0 spiro atoms. The van der Waals surface area contributed by atoms with E-state index in [-0.39, 0.29) is 17.6 Å². The molecule has 3 aromatic rings. The Morgan fingerprint density at radius 1 is 1.06 bits per heavy atom. The highest BCUT2D eigenvalue weighted by Gasteiger charge is 2.41. The molecule has 170 valence electrons. The second-order valence-corrected chi connectivity index (χ2v) is 9.11. The number of methoxy groups -OCH3 is 2. The zero-order chi connectivity index (χ0) is 23.3. The molecule has 5 rings (SSSR count). The van der Waals surface area contributed by atoms with Crippen molar-refractivity contribution in [3.63, 3.8) is 0 Å². The fraction of sp³-hybridized carbons (Fsp3) is 0.280. The maximum absolute atomic E-state index is 13.6. The van der Waals surface area contributed by atoms with Crippen molar-refractivity contribution in [1.29, 1.82) is 0 Å². The maximum atomic E-state index is 13.6. The molecule has 33 heavy (non-hydrogen) atoms. The van der Waals surface area contributed by atoms with E-state index in [1.807, 2.05) is 31.2 Å². The summed E-state index contributed by atoms with van der Waals surface area (Å²) in [6, 6.07) is 11.1. The molecule has 2 heterocycles. The summed E-state index contributed by atoms with van der Waals surface area (Å²) in [6.45, 7) is 1.87. The van der Waals surface area contributed by atoms with E-state index in [9.17, 15) is 4.79 Å². The van der Waals surface area contributed by atoms with E-state index in [0.29, 0.717) is 45.8 Å². The zero-order valence-corrected chi connectivity index (χ0v) is 19.9. The van der Waals surface area contributed by atoms with Gasteiger partial charge in [0, 0.05) is 33.7 Å². The number of hydrogen-bond acceptors (Lipinski definition) is 6. The molecule has 0 amide bonds. The minimum atomic E-state index is -0.369. The van der Waals surface area contributed by atoms with Crippen molar-refractivity contribution < 1.29 is 18.8 Å². The third kappa shape index (κ3) is 3.67. The van der Waals surface area contributed by atoms with Crippen LogP contribution in [0.3, 0.4) is 0 Å². The number of Topliss-reactive ketones (excluding diaryl/α,β-unsaturated/α-hetero) is 1. The molecule has 8 heteroatoms.